The topological polar surface area (TPSA) is 49.3 Å². The third-order valence-electron chi connectivity index (χ3n) is 2.04. The van der Waals surface area contributed by atoms with Gasteiger partial charge in [-0.05, 0) is 18.2 Å². The fourth-order valence-corrected chi connectivity index (χ4v) is 1.34. The molecule has 0 amide bonds. The first-order chi connectivity index (χ1) is 8.21. The van der Waals surface area contributed by atoms with Crippen LogP contribution < -0.4 is 5.32 Å². The number of benzene rings is 1. The number of carboxylic acid groups (broad SMARTS) is 1. The van der Waals surface area contributed by atoms with E-state index in [4.69, 9.17) is 16.7 Å². The minimum atomic E-state index is -4.73. The zero-order chi connectivity index (χ0) is 13.9. The molecule has 0 aliphatic carbocycles. The maximum absolute atomic E-state index is 12.7. The Labute approximate surface area is 106 Å². The van der Waals surface area contributed by atoms with Crippen LogP contribution in [-0.2, 0) is 6.18 Å². The van der Waals surface area contributed by atoms with E-state index in [1.54, 1.807) is 0 Å². The number of carboxylic acids is 1. The van der Waals surface area contributed by atoms with E-state index >= 15 is 0 Å². The molecule has 3 nitrogen and oxygen atoms in total. The second kappa shape index (κ2) is 5.30. The van der Waals surface area contributed by atoms with E-state index in [1.165, 1.54) is 6.07 Å². The van der Waals surface area contributed by atoms with E-state index in [-0.39, 0.29) is 17.3 Å². The Morgan fingerprint density at radius 2 is 2.06 bits per heavy atom. The Morgan fingerprint density at radius 3 is 2.50 bits per heavy atom. The summed E-state index contributed by atoms with van der Waals surface area (Å²) in [6, 6.07) is 2.85. The molecule has 0 bridgehead atoms. The quantitative estimate of drug-likeness (QED) is 0.886. The fraction of sp³-hybridized carbons (Fsp3) is 0.182. The number of carbonyl (C=O) groups is 1. The molecule has 0 aliphatic heterocycles. The number of rotatable bonds is 4. The molecule has 0 atom stereocenters. The largest absolute Gasteiger partial charge is 0.478 e. The van der Waals surface area contributed by atoms with Gasteiger partial charge in [0.2, 0.25) is 0 Å². The molecular formula is C11H9ClF3NO2. The van der Waals surface area contributed by atoms with Crippen LogP contribution in [0.4, 0.5) is 18.9 Å². The molecule has 1 aromatic rings. The van der Waals surface area contributed by atoms with Crippen molar-refractivity contribution >= 4 is 23.3 Å². The molecular weight excluding hydrogens is 271 g/mol. The molecule has 0 fully saturated rings. The van der Waals surface area contributed by atoms with Gasteiger partial charge in [-0.2, -0.15) is 13.2 Å². The predicted molar refractivity (Wildman–Crippen MR) is 61.9 cm³/mol. The van der Waals surface area contributed by atoms with Crippen molar-refractivity contribution in [2.24, 2.45) is 0 Å². The van der Waals surface area contributed by atoms with Crippen LogP contribution in [0, 0.1) is 0 Å². The Kier molecular flexibility index (Phi) is 4.24. The molecule has 98 valence electrons. The summed E-state index contributed by atoms with van der Waals surface area (Å²) in [5.74, 6) is -1.63. The number of alkyl halides is 3. The summed E-state index contributed by atoms with van der Waals surface area (Å²) in [6.45, 7) is 3.46. The number of nitrogens with one attached hydrogen (secondary N) is 1. The molecule has 0 heterocycles. The van der Waals surface area contributed by atoms with Gasteiger partial charge in [0.15, 0.2) is 0 Å². The van der Waals surface area contributed by atoms with Gasteiger partial charge in [0.1, 0.15) is 0 Å². The van der Waals surface area contributed by atoms with Crippen LogP contribution in [0.5, 0.6) is 0 Å². The second-order valence-electron chi connectivity index (χ2n) is 3.43. The smallest absolute Gasteiger partial charge is 0.417 e. The van der Waals surface area contributed by atoms with Gasteiger partial charge in [-0.1, -0.05) is 18.2 Å². The minimum Gasteiger partial charge on any atom is -0.478 e. The van der Waals surface area contributed by atoms with E-state index in [1.807, 2.05) is 0 Å². The summed E-state index contributed by atoms with van der Waals surface area (Å²) >= 11 is 5.47. The lowest BCUT2D eigenvalue weighted by Gasteiger charge is -2.13. The van der Waals surface area contributed by atoms with Gasteiger partial charge in [-0.3, -0.25) is 0 Å². The summed E-state index contributed by atoms with van der Waals surface area (Å²) in [4.78, 5) is 10.7. The van der Waals surface area contributed by atoms with Gasteiger partial charge < -0.3 is 10.4 Å². The zero-order valence-corrected chi connectivity index (χ0v) is 9.77. The predicted octanol–water partition coefficient (Wildman–Crippen LogP) is 3.57. The fourth-order valence-electron chi connectivity index (χ4n) is 1.27. The molecule has 1 aromatic carbocycles. The van der Waals surface area contributed by atoms with Crippen LogP contribution in [0.25, 0.3) is 0 Å². The molecule has 18 heavy (non-hydrogen) atoms. The minimum absolute atomic E-state index is 0.0886. The number of anilines is 1. The maximum Gasteiger partial charge on any atom is 0.417 e. The zero-order valence-electron chi connectivity index (χ0n) is 9.01. The Hall–Kier alpha value is -1.69. The van der Waals surface area contributed by atoms with Gasteiger partial charge in [-0.15, -0.1) is 0 Å². The highest BCUT2D eigenvalue weighted by molar-refractivity contribution is 6.29. The standard InChI is InChI=1S/C11H9ClF3NO2/c1-6(12)5-16-7-2-3-8(10(17)18)9(4-7)11(13,14)15/h2-4,16H,1,5H2,(H,17,18). The highest BCUT2D eigenvalue weighted by Crippen LogP contribution is 2.33. The molecule has 2 N–H and O–H groups in total. The highest BCUT2D eigenvalue weighted by atomic mass is 35.5. The number of hydrogen-bond acceptors (Lipinski definition) is 2. The average Bonchev–Trinajstić information content (AvgIpc) is 2.24. The van der Waals surface area contributed by atoms with Crippen molar-refractivity contribution in [3.8, 4) is 0 Å². The molecule has 0 saturated heterocycles. The SMILES string of the molecule is C=C(Cl)CNc1ccc(C(=O)O)c(C(F)(F)F)c1. The summed E-state index contributed by atoms with van der Waals surface area (Å²) < 4.78 is 38.0. The molecule has 0 spiro atoms. The van der Waals surface area contributed by atoms with Gasteiger partial charge in [0.25, 0.3) is 0 Å². The van der Waals surface area contributed by atoms with E-state index in [0.29, 0.717) is 0 Å². The lowest BCUT2D eigenvalue weighted by atomic mass is 10.1. The molecule has 7 heteroatoms. The maximum atomic E-state index is 12.7. The van der Waals surface area contributed by atoms with Crippen LogP contribution in [0.1, 0.15) is 15.9 Å². The summed E-state index contributed by atoms with van der Waals surface area (Å²) in [5.41, 5.74) is -1.88. The van der Waals surface area contributed by atoms with E-state index in [0.717, 1.165) is 12.1 Å². The first kappa shape index (κ1) is 14.4. The molecule has 0 saturated carbocycles. The van der Waals surface area contributed by atoms with E-state index in [2.05, 4.69) is 11.9 Å². The van der Waals surface area contributed by atoms with Crippen molar-refractivity contribution in [3.63, 3.8) is 0 Å². The van der Waals surface area contributed by atoms with Crippen molar-refractivity contribution < 1.29 is 23.1 Å². The normalized spacial score (nSPS) is 11.1. The van der Waals surface area contributed by atoms with Gasteiger partial charge >= 0.3 is 12.1 Å². The Morgan fingerprint density at radius 1 is 1.44 bits per heavy atom. The van der Waals surface area contributed by atoms with E-state index < -0.39 is 23.3 Å². The van der Waals surface area contributed by atoms with Gasteiger partial charge in [-0.25, -0.2) is 4.79 Å². The summed E-state index contributed by atoms with van der Waals surface area (Å²) in [5, 5.41) is 11.5. The second-order valence-corrected chi connectivity index (χ2v) is 3.97. The van der Waals surface area contributed by atoms with Crippen LogP contribution >= 0.6 is 11.6 Å². The van der Waals surface area contributed by atoms with Gasteiger partial charge in [0, 0.05) is 10.7 Å². The number of aromatic carboxylic acids is 1. The van der Waals surface area contributed by atoms with Crippen molar-refractivity contribution in [2.45, 2.75) is 6.18 Å². The first-order valence-corrected chi connectivity index (χ1v) is 5.11. The Balaban J connectivity index is 3.14. The number of halogens is 4. The third-order valence-corrected chi connectivity index (χ3v) is 2.17. The third kappa shape index (κ3) is 3.66. The van der Waals surface area contributed by atoms with Gasteiger partial charge in [0.05, 0.1) is 17.7 Å². The van der Waals surface area contributed by atoms with Crippen LogP contribution in [0.3, 0.4) is 0 Å². The molecule has 0 unspecified atom stereocenters. The molecule has 1 rings (SSSR count). The summed E-state index contributed by atoms with van der Waals surface area (Å²) in [7, 11) is 0. The lowest BCUT2D eigenvalue weighted by Crippen LogP contribution is -2.14. The average molecular weight is 280 g/mol. The van der Waals surface area contributed by atoms with Crippen LogP contribution in [-0.4, -0.2) is 17.6 Å². The van der Waals surface area contributed by atoms with Crippen LogP contribution in [0.15, 0.2) is 29.8 Å². The van der Waals surface area contributed by atoms with Crippen molar-refractivity contribution in [2.75, 3.05) is 11.9 Å². The Bertz CT molecular complexity index is 486. The van der Waals surface area contributed by atoms with Crippen molar-refractivity contribution in [1.29, 1.82) is 0 Å². The monoisotopic (exact) mass is 279 g/mol. The lowest BCUT2D eigenvalue weighted by molar-refractivity contribution is -0.138. The first-order valence-electron chi connectivity index (χ1n) is 4.73. The van der Waals surface area contributed by atoms with E-state index in [9.17, 15) is 18.0 Å². The molecule has 0 radical (unpaired) electrons. The van der Waals surface area contributed by atoms with Crippen molar-refractivity contribution in [1.82, 2.24) is 0 Å². The molecule has 0 aliphatic rings. The molecule has 0 aromatic heterocycles. The van der Waals surface area contributed by atoms with Crippen molar-refractivity contribution in [3.05, 3.63) is 40.9 Å². The highest BCUT2D eigenvalue weighted by Gasteiger charge is 2.35. The summed E-state index contributed by atoms with van der Waals surface area (Å²) in [6.07, 6.45) is -4.73. The number of hydrogen-bond donors (Lipinski definition) is 2. The van der Waals surface area contributed by atoms with Crippen LogP contribution in [0.2, 0.25) is 0 Å².